The highest BCUT2D eigenvalue weighted by Gasteiger charge is 2.51. The molecule has 48 heavy (non-hydrogen) atoms. The van der Waals surface area contributed by atoms with E-state index in [4.69, 9.17) is 15.7 Å². The number of imidazole rings is 1. The van der Waals surface area contributed by atoms with Gasteiger partial charge in [-0.1, -0.05) is 56.3 Å². The van der Waals surface area contributed by atoms with Crippen LogP contribution in [0, 0.1) is 0 Å². The summed E-state index contributed by atoms with van der Waals surface area (Å²) in [4.78, 5) is 30.5. The summed E-state index contributed by atoms with van der Waals surface area (Å²) in [5.41, 5.74) is 14.1. The molecule has 242 valence electrons. The molecular weight excluding hydrogens is 598 g/mol. The highest BCUT2D eigenvalue weighted by atomic mass is 16.3. The second-order valence-corrected chi connectivity index (χ2v) is 12.2. The van der Waals surface area contributed by atoms with Gasteiger partial charge in [-0.2, -0.15) is 0 Å². The number of nitrogens with zero attached hydrogens (tertiary/aromatic N) is 6. The van der Waals surface area contributed by atoms with Crippen molar-refractivity contribution in [2.45, 2.75) is 38.8 Å². The zero-order valence-electron chi connectivity index (χ0n) is 27.3. The topological polar surface area (TPSA) is 113 Å². The van der Waals surface area contributed by atoms with E-state index in [1.54, 1.807) is 18.3 Å². The molecule has 3 aromatic carbocycles. The largest absolute Gasteiger partial charge is 0.507 e. The maximum absolute atomic E-state index is 11.2. The average Bonchev–Trinajstić information content (AvgIpc) is 3.78. The van der Waals surface area contributed by atoms with Gasteiger partial charge in [-0.25, -0.2) is 15.0 Å². The molecule has 1 aliphatic heterocycles. The molecule has 0 bridgehead atoms. The van der Waals surface area contributed by atoms with Crippen molar-refractivity contribution in [3.8, 4) is 34.1 Å². The minimum Gasteiger partial charge on any atom is -0.507 e. The molecule has 1 spiro atoms. The average molecular weight is 638 g/mol. The molecule has 0 radical (unpaired) electrons. The van der Waals surface area contributed by atoms with Crippen molar-refractivity contribution in [1.82, 2.24) is 24.4 Å². The molecule has 0 unspecified atom stereocenters. The first-order valence-electron chi connectivity index (χ1n) is 16.5. The Bertz CT molecular complexity index is 2070. The number of phenols is 1. The maximum atomic E-state index is 11.2. The van der Waals surface area contributed by atoms with Crippen LogP contribution in [0.1, 0.15) is 42.6 Å². The molecule has 3 N–H and O–H groups in total. The minimum absolute atomic E-state index is 0.0392. The van der Waals surface area contributed by atoms with Gasteiger partial charge in [0.1, 0.15) is 17.1 Å². The van der Waals surface area contributed by atoms with Gasteiger partial charge in [-0.05, 0) is 66.9 Å². The number of fused-ring (bicyclic) bond motifs is 1. The third kappa shape index (κ3) is 5.77. The van der Waals surface area contributed by atoms with Gasteiger partial charge in [0.2, 0.25) is 0 Å². The lowest BCUT2D eigenvalue weighted by molar-refractivity contribution is 0.112. The summed E-state index contributed by atoms with van der Waals surface area (Å²) < 4.78 is 2.07. The Morgan fingerprint density at radius 3 is 2.35 bits per heavy atom. The lowest BCUT2D eigenvalue weighted by Crippen LogP contribution is -2.54. The molecule has 1 aliphatic carbocycles. The minimum atomic E-state index is 0.0392. The quantitative estimate of drug-likeness (QED) is 0.178. The summed E-state index contributed by atoms with van der Waals surface area (Å²) in [6.07, 6.45) is 4.61. The number of nitrogen functional groups attached to an aromatic ring is 1. The molecule has 4 heterocycles. The van der Waals surface area contributed by atoms with Gasteiger partial charge in [-0.15, -0.1) is 0 Å². The summed E-state index contributed by atoms with van der Waals surface area (Å²) >= 11 is 0. The Balaban J connectivity index is 0.00000179. The fourth-order valence-electron chi connectivity index (χ4n) is 6.74. The van der Waals surface area contributed by atoms with Crippen LogP contribution in [0.3, 0.4) is 0 Å². The number of aromatic nitrogens is 4. The normalized spacial score (nSPS) is 15.2. The Morgan fingerprint density at radius 1 is 0.875 bits per heavy atom. The van der Waals surface area contributed by atoms with E-state index in [0.717, 1.165) is 78.4 Å². The number of carbonyl (C=O) groups excluding carboxylic acids is 1. The third-order valence-electron chi connectivity index (χ3n) is 9.26. The van der Waals surface area contributed by atoms with Crippen molar-refractivity contribution < 1.29 is 9.90 Å². The number of hydrogen-bond donors (Lipinski definition) is 2. The van der Waals surface area contributed by atoms with Crippen molar-refractivity contribution in [3.63, 3.8) is 0 Å². The second-order valence-electron chi connectivity index (χ2n) is 12.2. The van der Waals surface area contributed by atoms with E-state index in [9.17, 15) is 9.90 Å². The molecule has 9 heteroatoms. The third-order valence-corrected chi connectivity index (χ3v) is 9.26. The van der Waals surface area contributed by atoms with Crippen LogP contribution in [-0.4, -0.2) is 61.0 Å². The molecule has 3 aromatic heterocycles. The molecule has 6 aromatic rings. The number of benzene rings is 3. The van der Waals surface area contributed by atoms with Gasteiger partial charge in [0.05, 0.1) is 22.4 Å². The summed E-state index contributed by atoms with van der Waals surface area (Å²) in [7, 11) is 0. The molecular formula is C39H39N7O2. The van der Waals surface area contributed by atoms with E-state index in [0.29, 0.717) is 23.5 Å². The van der Waals surface area contributed by atoms with Gasteiger partial charge < -0.3 is 15.7 Å². The van der Waals surface area contributed by atoms with E-state index in [-0.39, 0.29) is 11.3 Å². The summed E-state index contributed by atoms with van der Waals surface area (Å²) in [5, 5.41) is 10.3. The predicted octanol–water partition coefficient (Wildman–Crippen LogP) is 7.13. The number of phenolic OH excluding ortho intramolecular Hbond substituents is 1. The standard InChI is InChI=1S/C37H33N7O2.C2H6/c38-34-30(7-4-18-39-34)35-41-32-15-14-31(26-5-2-1-3-6-26)40-36(32)44(35)28-11-8-25(9-12-28)22-42-19-20-43(37(24-42)16-17-37)29-13-10-27(23-45)33(46)21-29;1-2/h1-15,18,21,23,46H,16-17,19-20,22,24H2,(H2,38,39);1-2H3. The number of aromatic hydroxyl groups is 1. The van der Waals surface area contributed by atoms with Gasteiger partial charge in [0.15, 0.2) is 17.8 Å². The van der Waals surface area contributed by atoms with Crippen molar-refractivity contribution >= 4 is 29.0 Å². The first-order valence-corrected chi connectivity index (χ1v) is 16.5. The maximum Gasteiger partial charge on any atom is 0.165 e. The van der Waals surface area contributed by atoms with Gasteiger partial charge in [0, 0.05) is 55.4 Å². The van der Waals surface area contributed by atoms with E-state index in [2.05, 4.69) is 55.7 Å². The van der Waals surface area contributed by atoms with Gasteiger partial charge in [0.25, 0.3) is 0 Å². The van der Waals surface area contributed by atoms with E-state index in [1.165, 1.54) is 5.56 Å². The van der Waals surface area contributed by atoms with E-state index in [1.807, 2.05) is 62.4 Å². The van der Waals surface area contributed by atoms with E-state index >= 15 is 0 Å². The molecule has 8 rings (SSSR count). The Kier molecular flexibility index (Phi) is 8.37. The molecule has 9 nitrogen and oxygen atoms in total. The van der Waals surface area contributed by atoms with Crippen LogP contribution in [0.2, 0.25) is 0 Å². The molecule has 1 saturated heterocycles. The fraction of sp³-hybridized carbons (Fsp3) is 0.231. The lowest BCUT2D eigenvalue weighted by atomic mass is 10.1. The van der Waals surface area contributed by atoms with Crippen molar-refractivity contribution in [1.29, 1.82) is 0 Å². The zero-order valence-corrected chi connectivity index (χ0v) is 27.3. The molecule has 1 saturated carbocycles. The van der Waals surface area contributed by atoms with Crippen LogP contribution in [-0.2, 0) is 6.54 Å². The number of rotatable bonds is 7. The van der Waals surface area contributed by atoms with Gasteiger partial charge in [-0.3, -0.25) is 14.3 Å². The lowest BCUT2D eigenvalue weighted by Gasteiger charge is -2.43. The Labute approximate surface area is 280 Å². The van der Waals surface area contributed by atoms with Crippen LogP contribution in [0.4, 0.5) is 11.5 Å². The van der Waals surface area contributed by atoms with Crippen molar-refractivity contribution in [2.75, 3.05) is 30.3 Å². The van der Waals surface area contributed by atoms with Crippen LogP contribution in [0.25, 0.3) is 39.5 Å². The van der Waals surface area contributed by atoms with Crippen LogP contribution < -0.4 is 10.6 Å². The molecule has 0 amide bonds. The molecule has 2 aliphatic rings. The highest BCUT2D eigenvalue weighted by Crippen LogP contribution is 2.47. The van der Waals surface area contributed by atoms with Crippen molar-refractivity contribution in [2.24, 2.45) is 0 Å². The van der Waals surface area contributed by atoms with Gasteiger partial charge >= 0.3 is 0 Å². The van der Waals surface area contributed by atoms with Crippen LogP contribution >= 0.6 is 0 Å². The number of anilines is 2. The predicted molar refractivity (Wildman–Crippen MR) is 191 cm³/mol. The summed E-state index contributed by atoms with van der Waals surface area (Å²) in [5.74, 6) is 1.16. The molecule has 2 fully saturated rings. The monoisotopic (exact) mass is 637 g/mol. The number of aldehydes is 1. The number of pyridine rings is 2. The SMILES string of the molecule is CC.Nc1ncccc1-c1nc2ccc(-c3ccccc3)nc2n1-c1ccc(CN2CCN(c3ccc(C=O)c(O)c3)C3(CC3)C2)cc1. The highest BCUT2D eigenvalue weighted by molar-refractivity contribution is 5.84. The van der Waals surface area contributed by atoms with E-state index < -0.39 is 0 Å². The zero-order chi connectivity index (χ0) is 33.3. The Hall–Kier alpha value is -5.54. The second kappa shape index (κ2) is 12.9. The number of hydrogen-bond acceptors (Lipinski definition) is 8. The number of piperazine rings is 1. The smallest absolute Gasteiger partial charge is 0.165 e. The van der Waals surface area contributed by atoms with Crippen molar-refractivity contribution in [3.05, 3.63) is 114 Å². The molecule has 0 atom stereocenters. The fourth-order valence-corrected chi connectivity index (χ4v) is 6.74. The summed E-state index contributed by atoms with van der Waals surface area (Å²) in [6, 6.07) is 32.0. The Morgan fingerprint density at radius 2 is 1.65 bits per heavy atom. The number of carbonyl (C=O) groups is 1. The van der Waals surface area contributed by atoms with Crippen LogP contribution in [0.5, 0.6) is 5.75 Å². The first-order chi connectivity index (χ1) is 23.5. The van der Waals surface area contributed by atoms with Crippen LogP contribution in [0.15, 0.2) is 103 Å². The number of nitrogens with two attached hydrogens (primary N) is 1. The summed E-state index contributed by atoms with van der Waals surface area (Å²) in [6.45, 7) is 7.56. The first kappa shape index (κ1) is 31.1.